The molecule has 0 radical (unpaired) electrons. The van der Waals surface area contributed by atoms with E-state index in [-0.39, 0.29) is 30.6 Å². The van der Waals surface area contributed by atoms with Gasteiger partial charge in [-0.05, 0) is 52.6 Å². The SMILES string of the molecule is CC(=O)NCc1cccc(-c2cccc(C3OC(CN(C)Cc4ccccc4)C(C)C(c4ccc(CO)cc4)O3)c2)c1. The van der Waals surface area contributed by atoms with Crippen molar-refractivity contribution in [2.75, 3.05) is 13.6 Å². The van der Waals surface area contributed by atoms with Crippen LogP contribution in [0, 0.1) is 5.92 Å². The Balaban J connectivity index is 1.41. The van der Waals surface area contributed by atoms with Gasteiger partial charge in [-0.15, -0.1) is 0 Å². The first-order valence-corrected chi connectivity index (χ1v) is 14.6. The van der Waals surface area contributed by atoms with Gasteiger partial charge in [0, 0.05) is 38.0 Å². The first kappa shape index (κ1) is 29.7. The molecule has 0 aliphatic carbocycles. The molecule has 4 unspecified atom stereocenters. The van der Waals surface area contributed by atoms with Crippen LogP contribution in [0.4, 0.5) is 0 Å². The normalized spacial score (nSPS) is 20.4. The molecule has 1 amide bonds. The molecular formula is C36H40N2O4. The third kappa shape index (κ3) is 7.52. The molecule has 1 fully saturated rings. The molecule has 1 aliphatic heterocycles. The Morgan fingerprint density at radius 1 is 0.810 bits per heavy atom. The average Bonchev–Trinajstić information content (AvgIpc) is 3.02. The highest BCUT2D eigenvalue weighted by Crippen LogP contribution is 2.42. The van der Waals surface area contributed by atoms with E-state index in [0.29, 0.717) is 6.54 Å². The number of hydrogen-bond donors (Lipinski definition) is 2. The number of rotatable bonds is 10. The van der Waals surface area contributed by atoms with Crippen LogP contribution in [0.2, 0.25) is 0 Å². The van der Waals surface area contributed by atoms with Gasteiger partial charge < -0.3 is 19.9 Å². The molecule has 5 rings (SSSR count). The minimum absolute atomic E-state index is 0.0127. The second-order valence-electron chi connectivity index (χ2n) is 11.2. The molecule has 1 aliphatic rings. The van der Waals surface area contributed by atoms with E-state index in [9.17, 15) is 9.90 Å². The third-order valence-corrected chi connectivity index (χ3v) is 7.87. The summed E-state index contributed by atoms with van der Waals surface area (Å²) in [6, 6.07) is 35.0. The molecule has 42 heavy (non-hydrogen) atoms. The summed E-state index contributed by atoms with van der Waals surface area (Å²) in [7, 11) is 2.13. The van der Waals surface area contributed by atoms with Crippen LogP contribution in [-0.4, -0.2) is 35.6 Å². The van der Waals surface area contributed by atoms with E-state index in [1.807, 2.05) is 36.4 Å². The van der Waals surface area contributed by atoms with Gasteiger partial charge in [0.15, 0.2) is 6.29 Å². The highest BCUT2D eigenvalue weighted by Gasteiger charge is 2.38. The van der Waals surface area contributed by atoms with Crippen LogP contribution in [-0.2, 0) is 34.0 Å². The van der Waals surface area contributed by atoms with Gasteiger partial charge in [-0.2, -0.15) is 0 Å². The number of aliphatic hydroxyl groups excluding tert-OH is 1. The molecule has 218 valence electrons. The van der Waals surface area contributed by atoms with Crippen LogP contribution in [0.15, 0.2) is 103 Å². The Hall–Kier alpha value is -3.81. The van der Waals surface area contributed by atoms with Gasteiger partial charge in [-0.1, -0.05) is 97.9 Å². The molecule has 4 aromatic carbocycles. The number of hydrogen-bond acceptors (Lipinski definition) is 5. The molecule has 0 bridgehead atoms. The molecule has 1 heterocycles. The maximum Gasteiger partial charge on any atom is 0.217 e. The number of aliphatic hydroxyl groups is 1. The van der Waals surface area contributed by atoms with Crippen molar-refractivity contribution in [3.05, 3.63) is 131 Å². The van der Waals surface area contributed by atoms with Gasteiger partial charge in [0.05, 0.1) is 18.8 Å². The van der Waals surface area contributed by atoms with Crippen LogP contribution >= 0.6 is 0 Å². The predicted molar refractivity (Wildman–Crippen MR) is 165 cm³/mol. The molecular weight excluding hydrogens is 524 g/mol. The number of amides is 1. The van der Waals surface area contributed by atoms with E-state index in [4.69, 9.17) is 9.47 Å². The fourth-order valence-corrected chi connectivity index (χ4v) is 5.55. The lowest BCUT2D eigenvalue weighted by atomic mass is 9.90. The van der Waals surface area contributed by atoms with Gasteiger partial charge >= 0.3 is 0 Å². The molecule has 4 aromatic rings. The van der Waals surface area contributed by atoms with Gasteiger partial charge in [-0.25, -0.2) is 0 Å². The topological polar surface area (TPSA) is 71.0 Å². The number of nitrogens with one attached hydrogen (secondary N) is 1. The number of benzene rings is 4. The largest absolute Gasteiger partial charge is 0.392 e. The summed E-state index contributed by atoms with van der Waals surface area (Å²) in [4.78, 5) is 13.7. The third-order valence-electron chi connectivity index (χ3n) is 7.87. The van der Waals surface area contributed by atoms with Crippen LogP contribution < -0.4 is 5.32 Å². The summed E-state index contributed by atoms with van der Waals surface area (Å²) in [6.45, 7) is 5.81. The molecule has 0 aromatic heterocycles. The highest BCUT2D eigenvalue weighted by atomic mass is 16.7. The molecule has 6 nitrogen and oxygen atoms in total. The Kier molecular flexibility index (Phi) is 9.82. The van der Waals surface area contributed by atoms with Crippen molar-refractivity contribution < 1.29 is 19.4 Å². The molecule has 6 heteroatoms. The Bertz CT molecular complexity index is 1460. The van der Waals surface area contributed by atoms with Gasteiger partial charge in [0.2, 0.25) is 5.91 Å². The standard InChI is InChI=1S/C36H40N2O4/c1-25-34(23-38(3)22-27-9-5-4-6-10-27)41-36(42-35(25)30-17-15-28(24-39)16-18-30)33-14-8-13-32(20-33)31-12-7-11-29(19-31)21-37-26(2)40/h4-20,25,34-36,39H,21-24H2,1-3H3,(H,37,40). The summed E-state index contributed by atoms with van der Waals surface area (Å²) in [5.74, 6) is 0.0563. The second kappa shape index (κ2) is 13.9. The zero-order chi connectivity index (χ0) is 29.5. The summed E-state index contributed by atoms with van der Waals surface area (Å²) in [5, 5.41) is 12.4. The van der Waals surface area contributed by atoms with Crippen LogP contribution in [0.5, 0.6) is 0 Å². The summed E-state index contributed by atoms with van der Waals surface area (Å²) in [5.41, 5.74) is 7.34. The predicted octanol–water partition coefficient (Wildman–Crippen LogP) is 6.41. The average molecular weight is 565 g/mol. The van der Waals surface area contributed by atoms with Crippen molar-refractivity contribution in [2.45, 2.75) is 52.0 Å². The molecule has 2 N–H and O–H groups in total. The molecule has 1 saturated heterocycles. The Morgan fingerprint density at radius 3 is 2.21 bits per heavy atom. The fraction of sp³-hybridized carbons (Fsp3) is 0.306. The number of carbonyl (C=O) groups excluding carboxylic acids is 1. The smallest absolute Gasteiger partial charge is 0.217 e. The van der Waals surface area contributed by atoms with E-state index < -0.39 is 6.29 Å². The van der Waals surface area contributed by atoms with Crippen molar-refractivity contribution in [3.63, 3.8) is 0 Å². The minimum Gasteiger partial charge on any atom is -0.392 e. The van der Waals surface area contributed by atoms with Gasteiger partial charge in [0.25, 0.3) is 0 Å². The maximum absolute atomic E-state index is 11.4. The van der Waals surface area contributed by atoms with Crippen molar-refractivity contribution in [1.29, 1.82) is 0 Å². The number of likely N-dealkylation sites (N-methyl/N-ethyl adjacent to an activating group) is 1. The van der Waals surface area contributed by atoms with Crippen LogP contribution in [0.3, 0.4) is 0 Å². The fourth-order valence-electron chi connectivity index (χ4n) is 5.55. The maximum atomic E-state index is 11.4. The molecule has 4 atom stereocenters. The van der Waals surface area contributed by atoms with E-state index in [1.165, 1.54) is 12.5 Å². The number of carbonyl (C=O) groups is 1. The lowest BCUT2D eigenvalue weighted by Crippen LogP contribution is -2.43. The monoisotopic (exact) mass is 564 g/mol. The quantitative estimate of drug-likeness (QED) is 0.233. The van der Waals surface area contributed by atoms with E-state index >= 15 is 0 Å². The van der Waals surface area contributed by atoms with Gasteiger partial charge in [-0.3, -0.25) is 9.69 Å². The number of nitrogens with zero attached hydrogens (tertiary/aromatic N) is 1. The minimum atomic E-state index is -0.540. The highest BCUT2D eigenvalue weighted by molar-refractivity contribution is 5.73. The molecule has 0 spiro atoms. The zero-order valence-electron chi connectivity index (χ0n) is 24.6. The summed E-state index contributed by atoms with van der Waals surface area (Å²) >= 11 is 0. The van der Waals surface area contributed by atoms with Crippen molar-refractivity contribution in [1.82, 2.24) is 10.2 Å². The van der Waals surface area contributed by atoms with E-state index in [1.54, 1.807) is 0 Å². The molecule has 0 saturated carbocycles. The van der Waals surface area contributed by atoms with Crippen LogP contribution in [0.1, 0.15) is 54.1 Å². The first-order valence-electron chi connectivity index (χ1n) is 14.6. The first-order chi connectivity index (χ1) is 20.4. The van der Waals surface area contributed by atoms with E-state index in [0.717, 1.165) is 46.5 Å². The lowest BCUT2D eigenvalue weighted by Gasteiger charge is -2.42. The van der Waals surface area contributed by atoms with Crippen LogP contribution in [0.25, 0.3) is 11.1 Å². The summed E-state index contributed by atoms with van der Waals surface area (Å²) < 4.78 is 13.4. The Labute approximate surface area is 248 Å². The lowest BCUT2D eigenvalue weighted by molar-refractivity contribution is -0.276. The zero-order valence-corrected chi connectivity index (χ0v) is 24.6. The Morgan fingerprint density at radius 2 is 1.50 bits per heavy atom. The number of ether oxygens (including phenoxy) is 2. The van der Waals surface area contributed by atoms with E-state index in [2.05, 4.69) is 90.9 Å². The summed E-state index contributed by atoms with van der Waals surface area (Å²) in [6.07, 6.45) is -0.776. The van der Waals surface area contributed by atoms with Crippen molar-refractivity contribution >= 4 is 5.91 Å². The second-order valence-corrected chi connectivity index (χ2v) is 11.2. The van der Waals surface area contributed by atoms with Gasteiger partial charge in [0.1, 0.15) is 0 Å². The van der Waals surface area contributed by atoms with Crippen molar-refractivity contribution in [2.24, 2.45) is 5.92 Å². The van der Waals surface area contributed by atoms with Crippen molar-refractivity contribution in [3.8, 4) is 11.1 Å².